The van der Waals surface area contributed by atoms with E-state index in [9.17, 15) is 13.6 Å². The molecule has 0 radical (unpaired) electrons. The second-order valence-electron chi connectivity index (χ2n) is 4.98. The molecule has 106 valence electrons. The van der Waals surface area contributed by atoms with Gasteiger partial charge in [0.2, 0.25) is 0 Å². The lowest BCUT2D eigenvalue weighted by molar-refractivity contribution is 0.111. The summed E-state index contributed by atoms with van der Waals surface area (Å²) in [5.74, 6) is -1.43. The molecule has 2 aromatic rings. The molecule has 1 aromatic heterocycles. The van der Waals surface area contributed by atoms with Gasteiger partial charge >= 0.3 is 0 Å². The van der Waals surface area contributed by atoms with Gasteiger partial charge in [0.1, 0.15) is 0 Å². The molecule has 0 spiro atoms. The van der Waals surface area contributed by atoms with E-state index >= 15 is 0 Å². The lowest BCUT2D eigenvalue weighted by Gasteiger charge is -2.09. The molecule has 0 aliphatic carbocycles. The van der Waals surface area contributed by atoms with Gasteiger partial charge in [-0.1, -0.05) is 19.1 Å². The molecule has 0 bridgehead atoms. The van der Waals surface area contributed by atoms with E-state index < -0.39 is 11.6 Å². The highest BCUT2D eigenvalue weighted by atomic mass is 19.2. The fourth-order valence-electron chi connectivity index (χ4n) is 1.88. The number of aldehydes is 1. The minimum absolute atomic E-state index is 0.125. The Bertz CT molecular complexity index is 623. The van der Waals surface area contributed by atoms with Gasteiger partial charge in [0, 0.05) is 12.1 Å². The summed E-state index contributed by atoms with van der Waals surface area (Å²) >= 11 is 0. The van der Waals surface area contributed by atoms with Gasteiger partial charge in [-0.05, 0) is 30.5 Å². The Kier molecular flexibility index (Phi) is 4.22. The van der Waals surface area contributed by atoms with Crippen LogP contribution in [0.25, 0.3) is 11.3 Å². The van der Waals surface area contributed by atoms with Gasteiger partial charge < -0.3 is 0 Å². The molecule has 0 saturated heterocycles. The Morgan fingerprint density at radius 1 is 1.30 bits per heavy atom. The standard InChI is InChI=1S/C14H15F2N3O/c1-9(2)5-6-19-14(13(8-20)17-18-19)10-3-4-11(15)12(16)7-10/h3-4,7-9H,5-6H2,1-2H3. The third kappa shape index (κ3) is 2.89. The van der Waals surface area contributed by atoms with Gasteiger partial charge in [-0.15, -0.1) is 5.10 Å². The van der Waals surface area contributed by atoms with Crippen molar-refractivity contribution < 1.29 is 13.6 Å². The van der Waals surface area contributed by atoms with Gasteiger partial charge in [0.25, 0.3) is 0 Å². The van der Waals surface area contributed by atoms with Crippen LogP contribution in [0.5, 0.6) is 0 Å². The SMILES string of the molecule is CC(C)CCn1nnc(C=O)c1-c1ccc(F)c(F)c1. The summed E-state index contributed by atoms with van der Waals surface area (Å²) in [4.78, 5) is 11.0. The normalized spacial score (nSPS) is 11.1. The predicted molar refractivity (Wildman–Crippen MR) is 70.2 cm³/mol. The van der Waals surface area contributed by atoms with E-state index in [-0.39, 0.29) is 5.69 Å². The second kappa shape index (κ2) is 5.90. The smallest absolute Gasteiger partial charge is 0.172 e. The van der Waals surface area contributed by atoms with Crippen LogP contribution in [-0.2, 0) is 6.54 Å². The van der Waals surface area contributed by atoms with Crippen LogP contribution < -0.4 is 0 Å². The first-order valence-electron chi connectivity index (χ1n) is 6.37. The van der Waals surface area contributed by atoms with E-state index in [1.807, 2.05) is 0 Å². The van der Waals surface area contributed by atoms with Crippen LogP contribution in [0.2, 0.25) is 0 Å². The van der Waals surface area contributed by atoms with Crippen LogP contribution >= 0.6 is 0 Å². The van der Waals surface area contributed by atoms with Crippen molar-refractivity contribution in [3.63, 3.8) is 0 Å². The molecular weight excluding hydrogens is 264 g/mol. The molecule has 0 aliphatic rings. The Labute approximate surface area is 115 Å². The summed E-state index contributed by atoms with van der Waals surface area (Å²) in [6.45, 7) is 4.69. The average Bonchev–Trinajstić information content (AvgIpc) is 2.82. The number of aromatic nitrogens is 3. The summed E-state index contributed by atoms with van der Waals surface area (Å²) in [6.07, 6.45) is 1.41. The van der Waals surface area contributed by atoms with Gasteiger partial charge in [-0.25, -0.2) is 13.5 Å². The molecule has 20 heavy (non-hydrogen) atoms. The molecule has 0 N–H and O–H groups in total. The highest BCUT2D eigenvalue weighted by Gasteiger charge is 2.16. The summed E-state index contributed by atoms with van der Waals surface area (Å²) in [6, 6.07) is 3.49. The number of rotatable bonds is 5. The minimum atomic E-state index is -0.962. The summed E-state index contributed by atoms with van der Waals surface area (Å²) < 4.78 is 27.9. The van der Waals surface area contributed by atoms with Crippen LogP contribution in [0, 0.1) is 17.6 Å². The van der Waals surface area contributed by atoms with Crippen molar-refractivity contribution in [3.05, 3.63) is 35.5 Å². The van der Waals surface area contributed by atoms with Gasteiger partial charge in [-0.2, -0.15) is 0 Å². The van der Waals surface area contributed by atoms with Crippen molar-refractivity contribution in [1.82, 2.24) is 15.0 Å². The Balaban J connectivity index is 2.44. The zero-order valence-electron chi connectivity index (χ0n) is 11.3. The predicted octanol–water partition coefficient (Wildman–Crippen LogP) is 3.08. The lowest BCUT2D eigenvalue weighted by atomic mass is 10.1. The molecule has 0 aliphatic heterocycles. The van der Waals surface area contributed by atoms with E-state index in [0.29, 0.717) is 30.0 Å². The third-order valence-electron chi connectivity index (χ3n) is 2.98. The van der Waals surface area contributed by atoms with E-state index in [4.69, 9.17) is 0 Å². The van der Waals surface area contributed by atoms with Crippen LogP contribution in [0.3, 0.4) is 0 Å². The first-order valence-corrected chi connectivity index (χ1v) is 6.37. The van der Waals surface area contributed by atoms with Crippen LogP contribution in [0.4, 0.5) is 8.78 Å². The largest absolute Gasteiger partial charge is 0.296 e. The highest BCUT2D eigenvalue weighted by Crippen LogP contribution is 2.24. The Morgan fingerprint density at radius 2 is 2.05 bits per heavy atom. The number of benzene rings is 1. The number of carbonyl (C=O) groups is 1. The van der Waals surface area contributed by atoms with E-state index in [1.165, 1.54) is 6.07 Å². The van der Waals surface area contributed by atoms with Crippen molar-refractivity contribution in [2.45, 2.75) is 26.8 Å². The van der Waals surface area contributed by atoms with Crippen molar-refractivity contribution in [1.29, 1.82) is 0 Å². The number of nitrogens with zero attached hydrogens (tertiary/aromatic N) is 3. The molecule has 0 amide bonds. The molecular formula is C14H15F2N3O. The maximum atomic E-state index is 13.3. The van der Waals surface area contributed by atoms with Crippen LogP contribution in [0.15, 0.2) is 18.2 Å². The maximum absolute atomic E-state index is 13.3. The topological polar surface area (TPSA) is 47.8 Å². The highest BCUT2D eigenvalue weighted by molar-refractivity contribution is 5.83. The fraction of sp³-hybridized carbons (Fsp3) is 0.357. The molecule has 0 atom stereocenters. The number of hydrogen-bond donors (Lipinski definition) is 0. The van der Waals surface area contributed by atoms with E-state index in [1.54, 1.807) is 4.68 Å². The zero-order valence-corrected chi connectivity index (χ0v) is 11.3. The lowest BCUT2D eigenvalue weighted by Crippen LogP contribution is -2.06. The summed E-state index contributed by atoms with van der Waals surface area (Å²) in [5.41, 5.74) is 0.930. The molecule has 6 heteroatoms. The Hall–Kier alpha value is -2.11. The average molecular weight is 279 g/mol. The zero-order chi connectivity index (χ0) is 14.7. The molecule has 1 aromatic carbocycles. The third-order valence-corrected chi connectivity index (χ3v) is 2.98. The summed E-state index contributed by atoms with van der Waals surface area (Å²) in [5, 5.41) is 7.68. The van der Waals surface area contributed by atoms with Crippen molar-refractivity contribution in [2.75, 3.05) is 0 Å². The number of halogens is 2. The monoisotopic (exact) mass is 279 g/mol. The molecule has 2 rings (SSSR count). The van der Waals surface area contributed by atoms with Crippen molar-refractivity contribution in [3.8, 4) is 11.3 Å². The molecule has 0 unspecified atom stereocenters. The van der Waals surface area contributed by atoms with Gasteiger partial charge in [0.05, 0.1) is 5.69 Å². The van der Waals surface area contributed by atoms with E-state index in [0.717, 1.165) is 18.6 Å². The van der Waals surface area contributed by atoms with E-state index in [2.05, 4.69) is 24.2 Å². The van der Waals surface area contributed by atoms with Crippen LogP contribution in [0.1, 0.15) is 30.8 Å². The van der Waals surface area contributed by atoms with Crippen molar-refractivity contribution in [2.24, 2.45) is 5.92 Å². The van der Waals surface area contributed by atoms with Crippen LogP contribution in [-0.4, -0.2) is 21.3 Å². The van der Waals surface area contributed by atoms with Gasteiger partial charge in [0.15, 0.2) is 23.6 Å². The fourth-order valence-corrected chi connectivity index (χ4v) is 1.88. The molecule has 4 nitrogen and oxygen atoms in total. The molecule has 1 heterocycles. The first-order chi connectivity index (χ1) is 9.52. The molecule has 0 saturated carbocycles. The molecule has 0 fully saturated rings. The first kappa shape index (κ1) is 14.3. The number of hydrogen-bond acceptors (Lipinski definition) is 3. The Morgan fingerprint density at radius 3 is 2.65 bits per heavy atom. The number of aryl methyl sites for hydroxylation is 1. The van der Waals surface area contributed by atoms with Crippen molar-refractivity contribution >= 4 is 6.29 Å². The maximum Gasteiger partial charge on any atom is 0.172 e. The summed E-state index contributed by atoms with van der Waals surface area (Å²) in [7, 11) is 0. The second-order valence-corrected chi connectivity index (χ2v) is 4.98. The number of carbonyl (C=O) groups excluding carboxylic acids is 1. The quantitative estimate of drug-likeness (QED) is 0.790. The minimum Gasteiger partial charge on any atom is -0.296 e. The van der Waals surface area contributed by atoms with Gasteiger partial charge in [-0.3, -0.25) is 4.79 Å².